The van der Waals surface area contributed by atoms with E-state index in [9.17, 15) is 4.79 Å². The van der Waals surface area contributed by atoms with Crippen molar-refractivity contribution in [2.45, 2.75) is 26.7 Å². The van der Waals surface area contributed by atoms with E-state index in [2.05, 4.69) is 17.6 Å². The van der Waals surface area contributed by atoms with Crippen molar-refractivity contribution in [1.82, 2.24) is 10.6 Å². The van der Waals surface area contributed by atoms with E-state index >= 15 is 0 Å². The highest BCUT2D eigenvalue weighted by atomic mass is 32.2. The fourth-order valence-corrected chi connectivity index (χ4v) is 2.66. The lowest BCUT2D eigenvalue weighted by atomic mass is 9.81. The summed E-state index contributed by atoms with van der Waals surface area (Å²) in [6, 6.07) is 0. The van der Waals surface area contributed by atoms with Gasteiger partial charge in [-0.2, -0.15) is 11.8 Å². The number of hydrogen-bond donors (Lipinski definition) is 2. The second-order valence-electron chi connectivity index (χ2n) is 5.13. The number of hydrogen-bond acceptors (Lipinski definition) is 3. The van der Waals surface area contributed by atoms with Gasteiger partial charge in [0.1, 0.15) is 0 Å². The Kier molecular flexibility index (Phi) is 5.62. The molecule has 0 radical (unpaired) electrons. The molecule has 1 unspecified atom stereocenters. The topological polar surface area (TPSA) is 41.1 Å². The van der Waals surface area contributed by atoms with Crippen molar-refractivity contribution in [3.05, 3.63) is 0 Å². The number of thioether (sulfide) groups is 1. The third kappa shape index (κ3) is 4.34. The van der Waals surface area contributed by atoms with E-state index in [0.29, 0.717) is 5.41 Å². The van der Waals surface area contributed by atoms with Gasteiger partial charge >= 0.3 is 0 Å². The van der Waals surface area contributed by atoms with Gasteiger partial charge in [0.15, 0.2) is 0 Å². The third-order valence-corrected chi connectivity index (χ3v) is 4.20. The molecule has 2 N–H and O–H groups in total. The molecule has 0 aromatic carbocycles. The summed E-state index contributed by atoms with van der Waals surface area (Å²) in [6.07, 6.45) is 4.35. The van der Waals surface area contributed by atoms with Crippen LogP contribution in [-0.2, 0) is 4.79 Å². The van der Waals surface area contributed by atoms with Gasteiger partial charge in [-0.15, -0.1) is 0 Å². The highest BCUT2D eigenvalue weighted by molar-refractivity contribution is 7.98. The van der Waals surface area contributed by atoms with Crippen molar-refractivity contribution in [2.24, 2.45) is 11.3 Å². The summed E-state index contributed by atoms with van der Waals surface area (Å²) >= 11 is 1.73. The van der Waals surface area contributed by atoms with Crippen molar-refractivity contribution in [3.63, 3.8) is 0 Å². The summed E-state index contributed by atoms with van der Waals surface area (Å²) in [5, 5.41) is 6.45. The van der Waals surface area contributed by atoms with Gasteiger partial charge in [-0.3, -0.25) is 4.79 Å². The minimum absolute atomic E-state index is 0.125. The Balaban J connectivity index is 2.29. The molecule has 3 nitrogen and oxygen atoms in total. The molecular formula is C12H24N2OS. The van der Waals surface area contributed by atoms with E-state index < -0.39 is 0 Å². The molecule has 16 heavy (non-hydrogen) atoms. The number of piperidine rings is 1. The van der Waals surface area contributed by atoms with Crippen LogP contribution in [0.25, 0.3) is 0 Å². The SMILES string of the molecule is CSCC(C)C(=O)NCC1(C)CCNCC1. The Hall–Kier alpha value is -0.220. The second kappa shape index (κ2) is 6.50. The van der Waals surface area contributed by atoms with Crippen LogP contribution >= 0.6 is 11.8 Å². The van der Waals surface area contributed by atoms with E-state index in [-0.39, 0.29) is 11.8 Å². The van der Waals surface area contributed by atoms with Gasteiger partial charge in [-0.05, 0) is 37.6 Å². The molecule has 0 aromatic heterocycles. The smallest absolute Gasteiger partial charge is 0.223 e. The second-order valence-corrected chi connectivity index (χ2v) is 6.05. The van der Waals surface area contributed by atoms with Crippen molar-refractivity contribution < 1.29 is 4.79 Å². The van der Waals surface area contributed by atoms with Gasteiger partial charge in [0.05, 0.1) is 0 Å². The van der Waals surface area contributed by atoms with E-state index in [1.807, 2.05) is 13.2 Å². The van der Waals surface area contributed by atoms with Crippen LogP contribution in [-0.4, -0.2) is 37.6 Å². The number of nitrogens with one attached hydrogen (secondary N) is 2. The minimum atomic E-state index is 0.125. The fourth-order valence-electron chi connectivity index (χ4n) is 2.01. The lowest BCUT2D eigenvalue weighted by Crippen LogP contribution is -2.44. The predicted octanol–water partition coefficient (Wildman–Crippen LogP) is 1.49. The highest BCUT2D eigenvalue weighted by Gasteiger charge is 2.27. The van der Waals surface area contributed by atoms with E-state index in [1.54, 1.807) is 11.8 Å². The van der Waals surface area contributed by atoms with Crippen LogP contribution in [0.4, 0.5) is 0 Å². The molecule has 0 bridgehead atoms. The van der Waals surface area contributed by atoms with Crippen LogP contribution in [0.3, 0.4) is 0 Å². The van der Waals surface area contributed by atoms with Gasteiger partial charge in [0.2, 0.25) is 5.91 Å². The number of carbonyl (C=O) groups is 1. The van der Waals surface area contributed by atoms with Gasteiger partial charge < -0.3 is 10.6 Å². The largest absolute Gasteiger partial charge is 0.355 e. The zero-order chi connectivity index (χ0) is 12.0. The van der Waals surface area contributed by atoms with Crippen molar-refractivity contribution >= 4 is 17.7 Å². The summed E-state index contributed by atoms with van der Waals surface area (Å²) < 4.78 is 0. The molecule has 1 atom stereocenters. The Morgan fingerprint density at radius 3 is 2.69 bits per heavy atom. The lowest BCUT2D eigenvalue weighted by molar-refractivity contribution is -0.124. The summed E-state index contributed by atoms with van der Waals surface area (Å²) in [5.74, 6) is 1.24. The molecule has 94 valence electrons. The maximum atomic E-state index is 11.8. The first-order chi connectivity index (χ1) is 7.57. The van der Waals surface area contributed by atoms with Crippen LogP contribution in [0.2, 0.25) is 0 Å². The van der Waals surface area contributed by atoms with Gasteiger partial charge in [-0.25, -0.2) is 0 Å². The van der Waals surface area contributed by atoms with Crippen LogP contribution in [0.1, 0.15) is 26.7 Å². The fraction of sp³-hybridized carbons (Fsp3) is 0.917. The quantitative estimate of drug-likeness (QED) is 0.770. The van der Waals surface area contributed by atoms with Gasteiger partial charge in [-0.1, -0.05) is 13.8 Å². The molecular weight excluding hydrogens is 220 g/mol. The Bertz CT molecular complexity index is 227. The molecule has 1 rings (SSSR count). The summed E-state index contributed by atoms with van der Waals surface area (Å²) in [7, 11) is 0. The molecule has 0 aromatic rings. The molecule has 0 aliphatic carbocycles. The first-order valence-corrected chi connectivity index (χ1v) is 7.44. The summed E-state index contributed by atoms with van der Waals surface area (Å²) in [4.78, 5) is 11.8. The van der Waals surface area contributed by atoms with E-state index in [4.69, 9.17) is 0 Å². The molecule has 1 amide bonds. The average Bonchev–Trinajstić information content (AvgIpc) is 2.27. The molecule has 0 saturated carbocycles. The van der Waals surface area contributed by atoms with E-state index in [1.165, 1.54) is 0 Å². The molecule has 0 spiro atoms. The monoisotopic (exact) mass is 244 g/mol. The van der Waals surface area contributed by atoms with Crippen molar-refractivity contribution in [2.75, 3.05) is 31.6 Å². The maximum absolute atomic E-state index is 11.8. The zero-order valence-electron chi connectivity index (χ0n) is 10.6. The van der Waals surface area contributed by atoms with Gasteiger partial charge in [0.25, 0.3) is 0 Å². The molecule has 1 aliphatic rings. The Morgan fingerprint density at radius 2 is 2.12 bits per heavy atom. The van der Waals surface area contributed by atoms with Crippen LogP contribution < -0.4 is 10.6 Å². The molecule has 1 saturated heterocycles. The molecule has 1 heterocycles. The lowest BCUT2D eigenvalue weighted by Gasteiger charge is -2.34. The predicted molar refractivity (Wildman–Crippen MR) is 70.8 cm³/mol. The summed E-state index contributed by atoms with van der Waals surface area (Å²) in [5.41, 5.74) is 0.292. The first-order valence-electron chi connectivity index (χ1n) is 6.05. The Morgan fingerprint density at radius 1 is 1.50 bits per heavy atom. The minimum Gasteiger partial charge on any atom is -0.355 e. The van der Waals surface area contributed by atoms with Crippen LogP contribution in [0.15, 0.2) is 0 Å². The molecule has 1 aliphatic heterocycles. The van der Waals surface area contributed by atoms with Crippen molar-refractivity contribution in [3.8, 4) is 0 Å². The highest BCUT2D eigenvalue weighted by Crippen LogP contribution is 2.26. The maximum Gasteiger partial charge on any atom is 0.223 e. The first kappa shape index (κ1) is 13.8. The van der Waals surface area contributed by atoms with Crippen molar-refractivity contribution in [1.29, 1.82) is 0 Å². The average molecular weight is 244 g/mol. The van der Waals surface area contributed by atoms with Gasteiger partial charge in [0, 0.05) is 18.2 Å². The Labute approximate surface area is 103 Å². The van der Waals surface area contributed by atoms with E-state index in [0.717, 1.165) is 38.2 Å². The normalized spacial score (nSPS) is 21.4. The number of rotatable bonds is 5. The molecule has 4 heteroatoms. The van der Waals surface area contributed by atoms with Crippen LogP contribution in [0.5, 0.6) is 0 Å². The van der Waals surface area contributed by atoms with Crippen LogP contribution in [0, 0.1) is 11.3 Å². The summed E-state index contributed by atoms with van der Waals surface area (Å²) in [6.45, 7) is 7.25. The standard InChI is InChI=1S/C12H24N2OS/c1-10(8-16-3)11(15)14-9-12(2)4-6-13-7-5-12/h10,13H,4-9H2,1-3H3,(H,14,15). The number of carbonyl (C=O) groups excluding carboxylic acids is 1. The number of amides is 1. The third-order valence-electron chi connectivity index (χ3n) is 3.36. The zero-order valence-corrected chi connectivity index (χ0v) is 11.5. The molecule has 1 fully saturated rings.